The van der Waals surface area contributed by atoms with E-state index in [1.165, 1.54) is 28.6 Å². The zero-order valence-electron chi connectivity index (χ0n) is 18.7. The highest BCUT2D eigenvalue weighted by Crippen LogP contribution is 2.30. The van der Waals surface area contributed by atoms with Crippen LogP contribution >= 0.6 is 0 Å². The minimum atomic E-state index is -4.57. The lowest BCUT2D eigenvalue weighted by molar-refractivity contribution is -0.137. The van der Waals surface area contributed by atoms with E-state index in [1.54, 1.807) is 0 Å². The van der Waals surface area contributed by atoms with Crippen molar-refractivity contribution in [1.82, 2.24) is 13.9 Å². The first-order chi connectivity index (χ1) is 16.4. The monoisotopic (exact) mass is 508 g/mol. The smallest absolute Gasteiger partial charge is 0.325 e. The lowest BCUT2D eigenvalue weighted by Crippen LogP contribution is -2.38. The number of rotatable bonds is 5. The average molecular weight is 509 g/mol. The van der Waals surface area contributed by atoms with E-state index in [-0.39, 0.29) is 21.5 Å². The van der Waals surface area contributed by atoms with Crippen LogP contribution in [0.2, 0.25) is 0 Å². The molecule has 0 bridgehead atoms. The molecule has 186 valence electrons. The zero-order valence-corrected chi connectivity index (χ0v) is 19.6. The standard InChI is InChI=1S/C23H23F3N4O4S/c1-15-7-9-30(10-8-15)35(33,34)18-5-6-20-19(12-18)22(32)29(14-27-20)13-21(31)28-17-4-2-3-16(11-17)23(24,25)26/h2-6,11-12,14-15H,7-10,13H2,1H3,(H,28,31). The van der Waals surface area contributed by atoms with E-state index >= 15 is 0 Å². The van der Waals surface area contributed by atoms with Gasteiger partial charge in [0.05, 0.1) is 27.7 Å². The summed E-state index contributed by atoms with van der Waals surface area (Å²) < 4.78 is 67.2. The minimum absolute atomic E-state index is 0.0193. The molecule has 8 nitrogen and oxygen atoms in total. The Labute approximate surface area is 199 Å². The van der Waals surface area contributed by atoms with Gasteiger partial charge in [-0.3, -0.25) is 14.2 Å². The summed E-state index contributed by atoms with van der Waals surface area (Å²) in [6, 6.07) is 8.21. The van der Waals surface area contributed by atoms with E-state index in [9.17, 15) is 31.2 Å². The van der Waals surface area contributed by atoms with Crippen LogP contribution in [0, 0.1) is 5.92 Å². The topological polar surface area (TPSA) is 101 Å². The van der Waals surface area contributed by atoms with Gasteiger partial charge in [0.2, 0.25) is 15.9 Å². The van der Waals surface area contributed by atoms with Gasteiger partial charge < -0.3 is 5.32 Å². The second-order valence-electron chi connectivity index (χ2n) is 8.57. The fourth-order valence-electron chi connectivity index (χ4n) is 3.91. The third-order valence-electron chi connectivity index (χ3n) is 5.96. The van der Waals surface area contributed by atoms with Crippen LogP contribution in [-0.2, 0) is 27.5 Å². The summed E-state index contributed by atoms with van der Waals surface area (Å²) >= 11 is 0. The molecule has 1 aliphatic heterocycles. The van der Waals surface area contributed by atoms with Gasteiger partial charge in [0.1, 0.15) is 6.54 Å². The third kappa shape index (κ3) is 5.38. The highest BCUT2D eigenvalue weighted by atomic mass is 32.2. The number of aromatic nitrogens is 2. The van der Waals surface area contributed by atoms with Crippen molar-refractivity contribution >= 4 is 32.5 Å². The van der Waals surface area contributed by atoms with Gasteiger partial charge in [0, 0.05) is 18.8 Å². The van der Waals surface area contributed by atoms with Gasteiger partial charge in [-0.05, 0) is 55.2 Å². The molecule has 1 aromatic heterocycles. The molecule has 2 heterocycles. The largest absolute Gasteiger partial charge is 0.416 e. The van der Waals surface area contributed by atoms with Crippen LogP contribution in [0.25, 0.3) is 10.9 Å². The van der Waals surface area contributed by atoms with Crippen molar-refractivity contribution in [3.63, 3.8) is 0 Å². The highest BCUT2D eigenvalue weighted by Gasteiger charge is 2.31. The van der Waals surface area contributed by atoms with Crippen LogP contribution in [-0.4, -0.2) is 41.3 Å². The fraction of sp³-hybridized carbons (Fsp3) is 0.348. The van der Waals surface area contributed by atoms with Gasteiger partial charge in [0.25, 0.3) is 5.56 Å². The van der Waals surface area contributed by atoms with Crippen LogP contribution in [0.3, 0.4) is 0 Å². The first-order valence-corrected chi connectivity index (χ1v) is 12.4. The summed E-state index contributed by atoms with van der Waals surface area (Å²) in [5.41, 5.74) is -1.37. The molecule has 0 unspecified atom stereocenters. The van der Waals surface area contributed by atoms with Crippen molar-refractivity contribution in [3.8, 4) is 0 Å². The fourth-order valence-corrected chi connectivity index (χ4v) is 5.41. The molecule has 0 aliphatic carbocycles. The predicted molar refractivity (Wildman–Crippen MR) is 123 cm³/mol. The predicted octanol–water partition coefficient (Wildman–Crippen LogP) is 3.47. The lowest BCUT2D eigenvalue weighted by Gasteiger charge is -2.29. The number of benzene rings is 2. The molecular weight excluding hydrogens is 485 g/mol. The minimum Gasteiger partial charge on any atom is -0.325 e. The second-order valence-corrected chi connectivity index (χ2v) is 10.5. The number of fused-ring (bicyclic) bond motifs is 1. The van der Waals surface area contributed by atoms with Gasteiger partial charge in [-0.15, -0.1) is 0 Å². The highest BCUT2D eigenvalue weighted by molar-refractivity contribution is 7.89. The molecule has 1 N–H and O–H groups in total. The molecular formula is C23H23F3N4O4S. The summed E-state index contributed by atoms with van der Waals surface area (Å²) in [7, 11) is -3.80. The number of amides is 1. The molecule has 12 heteroatoms. The number of hydrogen-bond donors (Lipinski definition) is 1. The third-order valence-corrected chi connectivity index (χ3v) is 7.86. The Morgan fingerprint density at radius 2 is 1.86 bits per heavy atom. The maximum absolute atomic E-state index is 13.1. The van der Waals surface area contributed by atoms with Gasteiger partial charge in [-0.2, -0.15) is 17.5 Å². The number of alkyl halides is 3. The number of hydrogen-bond acceptors (Lipinski definition) is 5. The molecule has 0 radical (unpaired) electrons. The van der Waals surface area contributed by atoms with Crippen molar-refractivity contribution in [1.29, 1.82) is 0 Å². The molecule has 3 aromatic rings. The summed E-state index contributed by atoms with van der Waals surface area (Å²) in [6.45, 7) is 2.35. The molecule has 35 heavy (non-hydrogen) atoms. The Morgan fingerprint density at radius 3 is 2.54 bits per heavy atom. The molecule has 0 spiro atoms. The van der Waals surface area contributed by atoms with E-state index < -0.39 is 39.8 Å². The number of carbonyl (C=O) groups excluding carboxylic acids is 1. The molecule has 1 saturated heterocycles. The quantitative estimate of drug-likeness (QED) is 0.569. The number of piperidine rings is 1. The van der Waals surface area contributed by atoms with Gasteiger partial charge in [0.15, 0.2) is 0 Å². The lowest BCUT2D eigenvalue weighted by atomic mass is 10.0. The molecule has 4 rings (SSSR count). The van der Waals surface area contributed by atoms with Crippen molar-refractivity contribution in [2.24, 2.45) is 5.92 Å². The number of sulfonamides is 1. The number of carbonyl (C=O) groups is 1. The Balaban J connectivity index is 1.57. The molecule has 0 saturated carbocycles. The Hall–Kier alpha value is -3.25. The maximum atomic E-state index is 13.1. The van der Waals surface area contributed by atoms with Crippen molar-refractivity contribution in [3.05, 3.63) is 64.7 Å². The summed E-state index contributed by atoms with van der Waals surface area (Å²) in [5.74, 6) is -0.296. The van der Waals surface area contributed by atoms with Crippen LogP contribution in [0.15, 0.2) is 58.5 Å². The van der Waals surface area contributed by atoms with E-state index in [0.717, 1.165) is 41.9 Å². The Morgan fingerprint density at radius 1 is 1.14 bits per heavy atom. The average Bonchev–Trinajstić information content (AvgIpc) is 2.80. The Bertz CT molecular complexity index is 1430. The number of halogens is 3. The summed E-state index contributed by atoms with van der Waals surface area (Å²) in [5, 5.41) is 2.35. The number of anilines is 1. The molecule has 1 fully saturated rings. The molecule has 0 atom stereocenters. The molecule has 1 amide bonds. The number of nitrogens with zero attached hydrogens (tertiary/aromatic N) is 3. The zero-order chi connectivity index (χ0) is 25.4. The van der Waals surface area contributed by atoms with Gasteiger partial charge in [-0.25, -0.2) is 13.4 Å². The maximum Gasteiger partial charge on any atom is 0.416 e. The second kappa shape index (κ2) is 9.42. The first-order valence-electron chi connectivity index (χ1n) is 10.9. The molecule has 2 aromatic carbocycles. The van der Waals surface area contributed by atoms with Crippen molar-refractivity contribution in [2.75, 3.05) is 18.4 Å². The van der Waals surface area contributed by atoms with Crippen molar-refractivity contribution < 1.29 is 26.4 Å². The van der Waals surface area contributed by atoms with Crippen LogP contribution in [0.5, 0.6) is 0 Å². The van der Waals surface area contributed by atoms with E-state index in [4.69, 9.17) is 0 Å². The number of nitrogens with one attached hydrogen (secondary N) is 1. The summed E-state index contributed by atoms with van der Waals surface area (Å²) in [4.78, 5) is 29.5. The van der Waals surface area contributed by atoms with E-state index in [1.807, 2.05) is 0 Å². The molecule has 1 aliphatic rings. The van der Waals surface area contributed by atoms with E-state index in [0.29, 0.717) is 19.0 Å². The Kier molecular flexibility index (Phi) is 6.69. The summed E-state index contributed by atoms with van der Waals surface area (Å²) in [6.07, 6.45) is -1.93. The normalized spacial score (nSPS) is 15.9. The van der Waals surface area contributed by atoms with Crippen LogP contribution in [0.1, 0.15) is 25.3 Å². The van der Waals surface area contributed by atoms with Crippen LogP contribution in [0.4, 0.5) is 18.9 Å². The van der Waals surface area contributed by atoms with Gasteiger partial charge in [-0.1, -0.05) is 13.0 Å². The van der Waals surface area contributed by atoms with Crippen molar-refractivity contribution in [2.45, 2.75) is 37.4 Å². The SMILES string of the molecule is CC1CCN(S(=O)(=O)c2ccc3ncn(CC(=O)Nc4cccc(C(F)(F)F)c4)c(=O)c3c2)CC1. The van der Waals surface area contributed by atoms with E-state index in [2.05, 4.69) is 17.2 Å². The van der Waals surface area contributed by atoms with Gasteiger partial charge >= 0.3 is 6.18 Å². The van der Waals surface area contributed by atoms with Crippen LogP contribution < -0.4 is 10.9 Å². The first kappa shape index (κ1) is 24.9.